The van der Waals surface area contributed by atoms with Crippen LogP contribution in [0.5, 0.6) is 0 Å². The van der Waals surface area contributed by atoms with Crippen LogP contribution in [-0.2, 0) is 0 Å². The summed E-state index contributed by atoms with van der Waals surface area (Å²) in [6.45, 7) is 0. The van der Waals surface area contributed by atoms with Crippen LogP contribution in [-0.4, -0.2) is 6.04 Å². The van der Waals surface area contributed by atoms with E-state index in [1.807, 2.05) is 0 Å². The molecular weight excluding hydrogens is 98.1 g/mol. The first kappa shape index (κ1) is 6.09. The van der Waals surface area contributed by atoms with E-state index in [4.69, 9.17) is 5.73 Å². The first-order valence-electron chi connectivity index (χ1n) is 3.61. The first-order chi connectivity index (χ1) is 3.89. The molecule has 0 amide bonds. The van der Waals surface area contributed by atoms with Crippen LogP contribution in [0.1, 0.15) is 38.5 Å². The molecule has 0 unspecified atom stereocenters. The van der Waals surface area contributed by atoms with Crippen LogP contribution < -0.4 is 5.73 Å². The van der Waals surface area contributed by atoms with Crippen LogP contribution in [0.15, 0.2) is 0 Å². The van der Waals surface area contributed by atoms with Gasteiger partial charge in [-0.25, -0.2) is 0 Å². The highest BCUT2D eigenvalue weighted by molar-refractivity contribution is 4.64. The Kier molecular flexibility index (Phi) is 2.34. The van der Waals surface area contributed by atoms with Gasteiger partial charge in [0, 0.05) is 6.04 Å². The Balaban J connectivity index is 2.17. The predicted molar refractivity (Wildman–Crippen MR) is 34.6 cm³/mol. The van der Waals surface area contributed by atoms with E-state index in [9.17, 15) is 0 Å². The average molecular weight is 112 g/mol. The molecular formula is C7H14N. The van der Waals surface area contributed by atoms with Crippen LogP contribution >= 0.6 is 0 Å². The summed E-state index contributed by atoms with van der Waals surface area (Å²) < 4.78 is 0. The molecule has 1 aliphatic rings. The second-order valence-corrected chi connectivity index (χ2v) is 2.69. The number of nitrogens with one attached hydrogen (secondary N) is 1. The molecule has 8 heavy (non-hydrogen) atoms. The molecule has 0 aromatic heterocycles. The zero-order valence-electron chi connectivity index (χ0n) is 5.32. The van der Waals surface area contributed by atoms with Crippen LogP contribution in [0.2, 0.25) is 0 Å². The van der Waals surface area contributed by atoms with Gasteiger partial charge in [0.05, 0.1) is 0 Å². The van der Waals surface area contributed by atoms with E-state index in [0.29, 0.717) is 0 Å². The Bertz CT molecular complexity index is 53.4. The third kappa shape index (κ3) is 1.83. The fourth-order valence-corrected chi connectivity index (χ4v) is 1.28. The Morgan fingerprint density at radius 2 is 1.38 bits per heavy atom. The minimum absolute atomic E-state index is 0.275. The monoisotopic (exact) mass is 112 g/mol. The van der Waals surface area contributed by atoms with E-state index in [-0.39, 0.29) is 6.04 Å². The summed E-state index contributed by atoms with van der Waals surface area (Å²) in [5.74, 6) is 0. The first-order valence-corrected chi connectivity index (χ1v) is 3.61. The summed E-state index contributed by atoms with van der Waals surface area (Å²) in [6, 6.07) is 0.275. The van der Waals surface area contributed by atoms with Gasteiger partial charge < -0.3 is 0 Å². The van der Waals surface area contributed by atoms with Gasteiger partial charge in [0.15, 0.2) is 0 Å². The maximum Gasteiger partial charge on any atom is 0.0213 e. The lowest BCUT2D eigenvalue weighted by molar-refractivity contribution is 0.567. The molecule has 0 aromatic carbocycles. The van der Waals surface area contributed by atoms with Crippen molar-refractivity contribution in [1.29, 1.82) is 0 Å². The summed E-state index contributed by atoms with van der Waals surface area (Å²) in [5, 5.41) is 0. The van der Waals surface area contributed by atoms with Crippen LogP contribution in [0.3, 0.4) is 0 Å². The van der Waals surface area contributed by atoms with E-state index >= 15 is 0 Å². The third-order valence-corrected chi connectivity index (χ3v) is 1.86. The molecule has 0 atom stereocenters. The summed E-state index contributed by atoms with van der Waals surface area (Å²) in [4.78, 5) is 0. The van der Waals surface area contributed by atoms with Crippen molar-refractivity contribution in [2.24, 2.45) is 0 Å². The lowest BCUT2D eigenvalue weighted by Gasteiger charge is -2.01. The van der Waals surface area contributed by atoms with Crippen molar-refractivity contribution in [2.45, 2.75) is 44.6 Å². The highest BCUT2D eigenvalue weighted by Crippen LogP contribution is 2.15. The van der Waals surface area contributed by atoms with Gasteiger partial charge in [-0.15, -0.1) is 0 Å². The van der Waals surface area contributed by atoms with E-state index in [2.05, 4.69) is 0 Å². The van der Waals surface area contributed by atoms with Gasteiger partial charge in [-0.1, -0.05) is 25.7 Å². The van der Waals surface area contributed by atoms with Gasteiger partial charge >= 0.3 is 0 Å². The topological polar surface area (TPSA) is 23.8 Å². The normalized spacial score (nSPS) is 25.1. The second-order valence-electron chi connectivity index (χ2n) is 2.69. The Labute approximate surface area is 51.3 Å². The Hall–Kier alpha value is -0.0400. The Morgan fingerprint density at radius 1 is 0.875 bits per heavy atom. The standard InChI is InChI=1S/C7H14N/c8-7-5-3-1-2-4-6-7/h7-8H,1-6H2. The molecule has 1 aliphatic carbocycles. The fraction of sp³-hybridized carbons (Fsp3) is 1.00. The fourth-order valence-electron chi connectivity index (χ4n) is 1.28. The molecule has 1 N–H and O–H groups in total. The van der Waals surface area contributed by atoms with Gasteiger partial charge in [-0.3, -0.25) is 5.73 Å². The van der Waals surface area contributed by atoms with Gasteiger partial charge in [0.25, 0.3) is 0 Å². The molecule has 1 rings (SSSR count). The smallest absolute Gasteiger partial charge is 0.0213 e. The molecule has 1 saturated carbocycles. The quantitative estimate of drug-likeness (QED) is 0.428. The van der Waals surface area contributed by atoms with E-state index in [0.717, 1.165) is 12.8 Å². The maximum absolute atomic E-state index is 7.41. The van der Waals surface area contributed by atoms with Crippen LogP contribution in [0, 0.1) is 0 Å². The van der Waals surface area contributed by atoms with Crippen molar-refractivity contribution in [3.8, 4) is 0 Å². The molecule has 1 fully saturated rings. The summed E-state index contributed by atoms with van der Waals surface area (Å²) in [6.07, 6.45) is 7.65. The van der Waals surface area contributed by atoms with Gasteiger partial charge in [-0.05, 0) is 12.8 Å². The van der Waals surface area contributed by atoms with E-state index < -0.39 is 0 Å². The molecule has 1 heteroatoms. The summed E-state index contributed by atoms with van der Waals surface area (Å²) in [7, 11) is 0. The molecule has 0 aliphatic heterocycles. The average Bonchev–Trinajstić information content (AvgIpc) is 1.94. The molecule has 0 aromatic rings. The van der Waals surface area contributed by atoms with Gasteiger partial charge in [-0.2, -0.15) is 0 Å². The highest BCUT2D eigenvalue weighted by Gasteiger charge is 2.06. The summed E-state index contributed by atoms with van der Waals surface area (Å²) in [5.41, 5.74) is 7.41. The SMILES string of the molecule is [NH]C1CCCCCC1. The minimum Gasteiger partial charge on any atom is -0.255 e. The number of rotatable bonds is 0. The zero-order valence-corrected chi connectivity index (χ0v) is 5.32. The predicted octanol–water partition coefficient (Wildman–Crippen LogP) is 1.99. The lowest BCUT2D eigenvalue weighted by atomic mass is 10.1. The van der Waals surface area contributed by atoms with Crippen molar-refractivity contribution < 1.29 is 0 Å². The zero-order chi connectivity index (χ0) is 5.82. The van der Waals surface area contributed by atoms with Crippen molar-refractivity contribution >= 4 is 0 Å². The van der Waals surface area contributed by atoms with Gasteiger partial charge in [0.2, 0.25) is 0 Å². The molecule has 0 saturated heterocycles. The highest BCUT2D eigenvalue weighted by atomic mass is 14.6. The number of hydrogen-bond acceptors (Lipinski definition) is 0. The van der Waals surface area contributed by atoms with Crippen LogP contribution in [0.25, 0.3) is 0 Å². The Morgan fingerprint density at radius 3 is 1.88 bits per heavy atom. The molecule has 47 valence electrons. The van der Waals surface area contributed by atoms with Crippen LogP contribution in [0.4, 0.5) is 0 Å². The molecule has 0 spiro atoms. The molecule has 1 nitrogen and oxygen atoms in total. The molecule has 0 bridgehead atoms. The van der Waals surface area contributed by atoms with E-state index in [1.54, 1.807) is 0 Å². The second kappa shape index (κ2) is 3.08. The van der Waals surface area contributed by atoms with E-state index in [1.165, 1.54) is 25.7 Å². The lowest BCUT2D eigenvalue weighted by Crippen LogP contribution is -2.05. The van der Waals surface area contributed by atoms with Crippen molar-refractivity contribution in [2.75, 3.05) is 0 Å². The maximum atomic E-state index is 7.41. The third-order valence-electron chi connectivity index (χ3n) is 1.86. The van der Waals surface area contributed by atoms with Crippen molar-refractivity contribution in [3.63, 3.8) is 0 Å². The minimum atomic E-state index is 0.275. The summed E-state index contributed by atoms with van der Waals surface area (Å²) >= 11 is 0. The number of hydrogen-bond donors (Lipinski definition) is 0. The van der Waals surface area contributed by atoms with Gasteiger partial charge in [0.1, 0.15) is 0 Å². The molecule has 1 radical (unpaired) electrons. The largest absolute Gasteiger partial charge is 0.255 e. The van der Waals surface area contributed by atoms with Crippen molar-refractivity contribution in [3.05, 3.63) is 0 Å². The van der Waals surface area contributed by atoms with Crippen molar-refractivity contribution in [1.82, 2.24) is 5.73 Å². The molecule has 0 heterocycles.